The van der Waals surface area contributed by atoms with Crippen LogP contribution in [0.5, 0.6) is 5.75 Å². The number of carbonyl (C=O) groups excluding carboxylic acids is 2. The lowest BCUT2D eigenvalue weighted by molar-refractivity contribution is -0.139. The fourth-order valence-corrected chi connectivity index (χ4v) is 3.45. The Kier molecular flexibility index (Phi) is 6.55. The number of rotatable bonds is 8. The van der Waals surface area contributed by atoms with Gasteiger partial charge in [-0.1, -0.05) is 11.6 Å². The van der Waals surface area contributed by atoms with Gasteiger partial charge >= 0.3 is 5.97 Å². The van der Waals surface area contributed by atoms with Crippen LogP contribution in [0.3, 0.4) is 0 Å². The third-order valence-corrected chi connectivity index (χ3v) is 5.13. The summed E-state index contributed by atoms with van der Waals surface area (Å²) in [5.74, 6) is -2.95. The molecule has 2 aromatic carbocycles. The second-order valence-electron chi connectivity index (χ2n) is 7.21. The molecule has 0 saturated heterocycles. The van der Waals surface area contributed by atoms with Crippen molar-refractivity contribution >= 4 is 46.1 Å². The highest BCUT2D eigenvalue weighted by Gasteiger charge is 2.20. The van der Waals surface area contributed by atoms with Gasteiger partial charge in [-0.2, -0.15) is 5.10 Å². The number of anilines is 1. The van der Waals surface area contributed by atoms with E-state index in [0.717, 1.165) is 0 Å². The number of nitrogen functional groups attached to an aromatic ring is 1. The van der Waals surface area contributed by atoms with Gasteiger partial charge in [0, 0.05) is 12.1 Å². The van der Waals surface area contributed by atoms with Crippen LogP contribution in [0.15, 0.2) is 42.7 Å². The van der Waals surface area contributed by atoms with Gasteiger partial charge in [-0.15, -0.1) is 0 Å². The molecule has 0 saturated carbocycles. The number of benzene rings is 2. The lowest BCUT2D eigenvalue weighted by atomic mass is 10.0. The summed E-state index contributed by atoms with van der Waals surface area (Å²) in [6, 6.07) is 8.10. The fraction of sp³-hybridized carbons (Fsp3) is 0.0909. The molecular formula is C22H16ClFN6O5. The van der Waals surface area contributed by atoms with E-state index >= 15 is 0 Å². The lowest BCUT2D eigenvalue weighted by Gasteiger charge is -2.10. The number of hydrogen-bond donors (Lipinski definition) is 4. The van der Waals surface area contributed by atoms with Gasteiger partial charge in [0.05, 0.1) is 10.6 Å². The number of hydrogen-bond acceptors (Lipinski definition) is 8. The van der Waals surface area contributed by atoms with Gasteiger partial charge in [-0.3, -0.25) is 14.7 Å². The minimum Gasteiger partial charge on any atom is -0.482 e. The Morgan fingerprint density at radius 3 is 2.63 bits per heavy atom. The standard InChI is InChI=1S/C22H16ClFN6O5/c23-14-6-10(7-26-22(34)19-17-18(27-9-28-19)21(25)30-29-17)5-13(16(14)24)20(33)11-1-3-12(4-2-11)35-8-15(31)32/h1-6,9H,7-8H2,(H,26,34)(H,31,32)(H3,25,29,30). The van der Waals surface area contributed by atoms with E-state index in [4.69, 9.17) is 27.2 Å². The number of ether oxygens (including phenoxy) is 1. The first-order valence-electron chi connectivity index (χ1n) is 9.94. The van der Waals surface area contributed by atoms with Crippen molar-refractivity contribution < 1.29 is 28.6 Å². The van der Waals surface area contributed by atoms with Gasteiger partial charge in [0.25, 0.3) is 5.91 Å². The Morgan fingerprint density at radius 1 is 1.17 bits per heavy atom. The maximum absolute atomic E-state index is 14.7. The maximum Gasteiger partial charge on any atom is 0.341 e. The molecule has 1 amide bonds. The number of carboxylic acids is 1. The van der Waals surface area contributed by atoms with Crippen LogP contribution in [0, 0.1) is 5.82 Å². The molecule has 35 heavy (non-hydrogen) atoms. The molecule has 5 N–H and O–H groups in total. The zero-order chi connectivity index (χ0) is 25.1. The first kappa shape index (κ1) is 23.6. The van der Waals surface area contributed by atoms with E-state index < -0.39 is 30.1 Å². The number of amides is 1. The van der Waals surface area contributed by atoms with Crippen LogP contribution in [0.1, 0.15) is 32.0 Å². The predicted molar refractivity (Wildman–Crippen MR) is 122 cm³/mol. The number of aliphatic carboxylic acids is 1. The fourth-order valence-electron chi connectivity index (χ4n) is 3.21. The maximum atomic E-state index is 14.7. The molecule has 4 rings (SSSR count). The van der Waals surface area contributed by atoms with Crippen molar-refractivity contribution in [3.8, 4) is 5.75 Å². The lowest BCUT2D eigenvalue weighted by Crippen LogP contribution is -2.24. The summed E-state index contributed by atoms with van der Waals surface area (Å²) in [5, 5.41) is 17.4. The largest absolute Gasteiger partial charge is 0.482 e. The third-order valence-electron chi connectivity index (χ3n) is 4.86. The molecule has 0 aliphatic carbocycles. The van der Waals surface area contributed by atoms with Gasteiger partial charge in [0.2, 0.25) is 0 Å². The molecule has 11 nitrogen and oxygen atoms in total. The number of halogens is 2. The average molecular weight is 499 g/mol. The summed E-state index contributed by atoms with van der Waals surface area (Å²) >= 11 is 6.00. The second kappa shape index (κ2) is 9.73. The molecule has 0 aliphatic heterocycles. The minimum absolute atomic E-state index is 0.00825. The Labute approximate surface area is 201 Å². The van der Waals surface area contributed by atoms with Crippen LogP contribution in [0.25, 0.3) is 11.0 Å². The molecule has 0 radical (unpaired) electrons. The van der Waals surface area contributed by atoms with E-state index in [0.29, 0.717) is 11.1 Å². The third kappa shape index (κ3) is 5.01. The monoisotopic (exact) mass is 498 g/mol. The molecule has 13 heteroatoms. The van der Waals surface area contributed by atoms with Crippen LogP contribution in [0.2, 0.25) is 5.02 Å². The van der Waals surface area contributed by atoms with E-state index in [2.05, 4.69) is 25.5 Å². The summed E-state index contributed by atoms with van der Waals surface area (Å²) in [7, 11) is 0. The SMILES string of the molecule is Nc1n[nH]c2c(C(=O)NCc3cc(Cl)c(F)c(C(=O)c4ccc(OCC(=O)O)cc4)c3)ncnc12. The Bertz CT molecular complexity index is 1460. The predicted octanol–water partition coefficient (Wildman–Crippen LogP) is 2.35. The number of fused-ring (bicyclic) bond motifs is 1. The van der Waals surface area contributed by atoms with Gasteiger partial charge in [-0.05, 0) is 42.0 Å². The zero-order valence-electron chi connectivity index (χ0n) is 17.7. The smallest absolute Gasteiger partial charge is 0.341 e. The number of aromatic amines is 1. The molecule has 2 aromatic heterocycles. The number of carboxylic acid groups (broad SMARTS) is 1. The Balaban J connectivity index is 1.52. The molecule has 0 bridgehead atoms. The molecule has 4 aromatic rings. The number of carbonyl (C=O) groups is 3. The number of nitrogens with zero attached hydrogens (tertiary/aromatic N) is 3. The number of aromatic nitrogens is 4. The number of nitrogens with one attached hydrogen (secondary N) is 2. The number of H-pyrrole nitrogens is 1. The van der Waals surface area contributed by atoms with Gasteiger partial charge in [0.1, 0.15) is 23.1 Å². The van der Waals surface area contributed by atoms with Crippen molar-refractivity contribution in [3.05, 3.63) is 75.9 Å². The highest BCUT2D eigenvalue weighted by atomic mass is 35.5. The van der Waals surface area contributed by atoms with Gasteiger partial charge < -0.3 is 20.9 Å². The zero-order valence-corrected chi connectivity index (χ0v) is 18.5. The highest BCUT2D eigenvalue weighted by Crippen LogP contribution is 2.25. The number of ketones is 1. The van der Waals surface area contributed by atoms with Crippen molar-refractivity contribution in [2.24, 2.45) is 0 Å². The topological polar surface area (TPSA) is 173 Å². The minimum atomic E-state index is -1.15. The molecule has 0 spiro atoms. The molecule has 0 atom stereocenters. The summed E-state index contributed by atoms with van der Waals surface area (Å²) in [4.78, 5) is 44.1. The van der Waals surface area contributed by atoms with Crippen molar-refractivity contribution in [1.82, 2.24) is 25.5 Å². The summed E-state index contributed by atoms with van der Waals surface area (Å²) in [6.07, 6.45) is 1.17. The van der Waals surface area contributed by atoms with Crippen molar-refractivity contribution in [1.29, 1.82) is 0 Å². The second-order valence-corrected chi connectivity index (χ2v) is 7.62. The van der Waals surface area contributed by atoms with E-state index in [-0.39, 0.29) is 45.5 Å². The van der Waals surface area contributed by atoms with Crippen LogP contribution in [0.4, 0.5) is 10.2 Å². The first-order chi connectivity index (χ1) is 16.7. The molecule has 2 heterocycles. The van der Waals surface area contributed by atoms with E-state index in [9.17, 15) is 18.8 Å². The summed E-state index contributed by atoms with van der Waals surface area (Å²) < 4.78 is 19.7. The van der Waals surface area contributed by atoms with Crippen molar-refractivity contribution in [2.75, 3.05) is 12.3 Å². The highest BCUT2D eigenvalue weighted by molar-refractivity contribution is 6.31. The molecular weight excluding hydrogens is 483 g/mol. The van der Waals surface area contributed by atoms with Crippen LogP contribution in [-0.2, 0) is 11.3 Å². The average Bonchev–Trinajstić information content (AvgIpc) is 3.24. The van der Waals surface area contributed by atoms with Crippen molar-refractivity contribution in [3.63, 3.8) is 0 Å². The number of nitrogens with two attached hydrogens (primary N) is 1. The molecule has 0 fully saturated rings. The van der Waals surface area contributed by atoms with Gasteiger partial charge in [0.15, 0.2) is 29.7 Å². The van der Waals surface area contributed by atoms with Crippen LogP contribution in [-0.4, -0.2) is 49.5 Å². The summed E-state index contributed by atoms with van der Waals surface area (Å²) in [5.41, 5.74) is 6.44. The molecule has 0 unspecified atom stereocenters. The Morgan fingerprint density at radius 2 is 1.91 bits per heavy atom. The van der Waals surface area contributed by atoms with Crippen molar-refractivity contribution in [2.45, 2.75) is 6.54 Å². The first-order valence-corrected chi connectivity index (χ1v) is 10.3. The van der Waals surface area contributed by atoms with E-state index in [1.54, 1.807) is 0 Å². The Hall–Kier alpha value is -4.58. The van der Waals surface area contributed by atoms with Crippen LogP contribution < -0.4 is 15.8 Å². The van der Waals surface area contributed by atoms with E-state index in [1.165, 1.54) is 42.7 Å². The van der Waals surface area contributed by atoms with E-state index in [1.807, 2.05) is 0 Å². The van der Waals surface area contributed by atoms with Crippen LogP contribution >= 0.6 is 11.6 Å². The molecule has 0 aliphatic rings. The summed E-state index contributed by atoms with van der Waals surface area (Å²) in [6.45, 7) is -0.629. The normalized spacial score (nSPS) is 10.8. The van der Waals surface area contributed by atoms with Gasteiger partial charge in [-0.25, -0.2) is 19.2 Å². The quantitative estimate of drug-likeness (QED) is 0.266. The molecule has 178 valence electrons.